The number of hydroxylamine groups is 2. The first-order valence-corrected chi connectivity index (χ1v) is 6.93. The minimum Gasteiger partial charge on any atom is -0.458 e. The van der Waals surface area contributed by atoms with Crippen LogP contribution < -0.4 is 0 Å². The maximum absolute atomic E-state index is 12.2. The fourth-order valence-electron chi connectivity index (χ4n) is 1.92. The zero-order valence-corrected chi connectivity index (χ0v) is 13.3. The number of carbonyl (C=O) groups excluding carboxylic acids is 3. The van der Waals surface area contributed by atoms with Gasteiger partial charge >= 0.3 is 5.97 Å². The summed E-state index contributed by atoms with van der Waals surface area (Å²) in [5.41, 5.74) is -1.65. The van der Waals surface area contributed by atoms with Gasteiger partial charge in [-0.25, -0.2) is 9.63 Å². The third-order valence-corrected chi connectivity index (χ3v) is 2.97. The molecule has 0 fully saturated rings. The topological polar surface area (TPSA) is 72.9 Å². The number of hydrogen-bond acceptors (Lipinski definition) is 5. The lowest BCUT2D eigenvalue weighted by Crippen LogP contribution is -2.47. The highest BCUT2D eigenvalue weighted by atomic mass is 16.7. The van der Waals surface area contributed by atoms with E-state index in [0.29, 0.717) is 5.06 Å². The molecule has 0 aromatic heterocycles. The molecule has 0 spiro atoms. The van der Waals surface area contributed by atoms with E-state index in [1.54, 1.807) is 45.0 Å². The number of ether oxygens (including phenoxy) is 1. The third-order valence-electron chi connectivity index (χ3n) is 2.97. The van der Waals surface area contributed by atoms with Crippen LogP contribution in [0, 0.1) is 0 Å². The lowest BCUT2D eigenvalue weighted by Gasteiger charge is -2.30. The normalized spacial score (nSPS) is 15.0. The molecule has 1 aliphatic rings. The minimum atomic E-state index is -1.47. The summed E-state index contributed by atoms with van der Waals surface area (Å²) in [5, 5.41) is 0.620. The van der Waals surface area contributed by atoms with Crippen molar-refractivity contribution in [2.75, 3.05) is 0 Å². The Morgan fingerprint density at radius 2 is 1.41 bits per heavy atom. The van der Waals surface area contributed by atoms with E-state index in [0.717, 1.165) is 0 Å². The number of amides is 2. The summed E-state index contributed by atoms with van der Waals surface area (Å²) in [4.78, 5) is 42.0. The van der Waals surface area contributed by atoms with Gasteiger partial charge in [0.15, 0.2) is 5.60 Å². The molecule has 1 aliphatic heterocycles. The molecule has 2 amide bonds. The maximum atomic E-state index is 12.2. The average Bonchev–Trinajstić information content (AvgIpc) is 2.62. The van der Waals surface area contributed by atoms with Gasteiger partial charge in [-0.3, -0.25) is 9.59 Å². The van der Waals surface area contributed by atoms with Crippen LogP contribution in [0.4, 0.5) is 0 Å². The molecule has 6 nitrogen and oxygen atoms in total. The van der Waals surface area contributed by atoms with E-state index in [1.165, 1.54) is 13.8 Å². The van der Waals surface area contributed by atoms with Gasteiger partial charge in [-0.1, -0.05) is 12.1 Å². The smallest absolute Gasteiger partial charge is 0.341 e. The zero-order chi connectivity index (χ0) is 16.7. The van der Waals surface area contributed by atoms with Gasteiger partial charge in [-0.2, -0.15) is 0 Å². The van der Waals surface area contributed by atoms with E-state index in [1.807, 2.05) is 0 Å². The van der Waals surface area contributed by atoms with Gasteiger partial charge in [0.05, 0.1) is 11.1 Å². The number of rotatable bonds is 3. The summed E-state index contributed by atoms with van der Waals surface area (Å²) in [6.45, 7) is 8.07. The highest BCUT2D eigenvalue weighted by Crippen LogP contribution is 2.27. The number of nitrogens with zero attached hydrogens (tertiary/aromatic N) is 1. The largest absolute Gasteiger partial charge is 0.458 e. The third kappa shape index (κ3) is 3.01. The number of carbonyl (C=O) groups is 3. The van der Waals surface area contributed by atoms with E-state index in [2.05, 4.69) is 0 Å². The fourth-order valence-corrected chi connectivity index (χ4v) is 1.92. The van der Waals surface area contributed by atoms with Gasteiger partial charge in [-0.15, -0.1) is 5.06 Å². The Morgan fingerprint density at radius 1 is 0.955 bits per heavy atom. The molecular weight excluding hydrogens is 286 g/mol. The molecule has 0 saturated heterocycles. The quantitative estimate of drug-likeness (QED) is 0.633. The molecular formula is C16H19NO5. The molecule has 0 bridgehead atoms. The molecule has 0 atom stereocenters. The molecule has 2 rings (SSSR count). The van der Waals surface area contributed by atoms with Crippen LogP contribution >= 0.6 is 0 Å². The second-order valence-corrected chi connectivity index (χ2v) is 6.55. The van der Waals surface area contributed by atoms with Crippen LogP contribution in [-0.2, 0) is 14.4 Å². The summed E-state index contributed by atoms with van der Waals surface area (Å²) >= 11 is 0. The van der Waals surface area contributed by atoms with Crippen molar-refractivity contribution < 1.29 is 24.0 Å². The van der Waals surface area contributed by atoms with Crippen molar-refractivity contribution in [3.05, 3.63) is 35.4 Å². The number of benzene rings is 1. The number of esters is 1. The molecule has 118 valence electrons. The van der Waals surface area contributed by atoms with Crippen molar-refractivity contribution in [2.45, 2.75) is 45.8 Å². The average molecular weight is 305 g/mol. The van der Waals surface area contributed by atoms with Gasteiger partial charge in [-0.05, 0) is 46.8 Å². The summed E-state index contributed by atoms with van der Waals surface area (Å²) in [6, 6.07) is 6.40. The SMILES string of the molecule is CC(C)(C)OC(=O)C(C)(C)ON1C(=O)c2ccccc2C1=O. The van der Waals surface area contributed by atoms with Crippen LogP contribution in [0.1, 0.15) is 55.3 Å². The van der Waals surface area contributed by atoms with Gasteiger partial charge in [0.2, 0.25) is 0 Å². The molecule has 0 saturated carbocycles. The van der Waals surface area contributed by atoms with Crippen LogP contribution in [0.25, 0.3) is 0 Å². The molecule has 0 radical (unpaired) electrons. The Hall–Kier alpha value is -2.21. The van der Waals surface area contributed by atoms with Gasteiger partial charge < -0.3 is 4.74 Å². The van der Waals surface area contributed by atoms with Crippen LogP contribution in [0.5, 0.6) is 0 Å². The molecule has 1 heterocycles. The van der Waals surface area contributed by atoms with Crippen LogP contribution in [0.15, 0.2) is 24.3 Å². The van der Waals surface area contributed by atoms with Crippen molar-refractivity contribution in [3.8, 4) is 0 Å². The summed E-state index contributed by atoms with van der Waals surface area (Å²) in [5.74, 6) is -1.83. The van der Waals surface area contributed by atoms with Crippen molar-refractivity contribution in [3.63, 3.8) is 0 Å². The second kappa shape index (κ2) is 5.21. The molecule has 0 unspecified atom stereocenters. The maximum Gasteiger partial charge on any atom is 0.341 e. The molecule has 1 aromatic carbocycles. The van der Waals surface area contributed by atoms with E-state index >= 15 is 0 Å². The van der Waals surface area contributed by atoms with Crippen LogP contribution in [0.2, 0.25) is 0 Å². The minimum absolute atomic E-state index is 0.257. The fraction of sp³-hybridized carbons (Fsp3) is 0.438. The first-order chi connectivity index (χ1) is 10.0. The van der Waals surface area contributed by atoms with Crippen molar-refractivity contribution in [2.24, 2.45) is 0 Å². The Balaban J connectivity index is 2.19. The molecule has 22 heavy (non-hydrogen) atoms. The Kier molecular flexibility index (Phi) is 3.83. The highest BCUT2D eigenvalue weighted by Gasteiger charge is 2.44. The molecule has 1 aromatic rings. The van der Waals surface area contributed by atoms with Crippen molar-refractivity contribution in [1.29, 1.82) is 0 Å². The lowest BCUT2D eigenvalue weighted by atomic mass is 10.1. The van der Waals surface area contributed by atoms with E-state index in [-0.39, 0.29) is 11.1 Å². The van der Waals surface area contributed by atoms with Crippen molar-refractivity contribution >= 4 is 17.8 Å². The highest BCUT2D eigenvalue weighted by molar-refractivity contribution is 6.20. The monoisotopic (exact) mass is 305 g/mol. The number of hydrogen-bond donors (Lipinski definition) is 0. The van der Waals surface area contributed by atoms with Crippen molar-refractivity contribution in [1.82, 2.24) is 5.06 Å². The van der Waals surface area contributed by atoms with Gasteiger partial charge in [0.25, 0.3) is 11.8 Å². The lowest BCUT2D eigenvalue weighted by molar-refractivity contribution is -0.211. The number of imide groups is 1. The molecule has 0 N–H and O–H groups in total. The first-order valence-electron chi connectivity index (χ1n) is 6.93. The predicted molar refractivity (Wildman–Crippen MR) is 78.0 cm³/mol. The van der Waals surface area contributed by atoms with Crippen LogP contribution in [0.3, 0.4) is 0 Å². The Bertz CT molecular complexity index is 607. The summed E-state index contributed by atoms with van der Waals surface area (Å²) < 4.78 is 5.25. The standard InChI is InChI=1S/C16H19NO5/c1-15(2,3)21-14(20)16(4,5)22-17-12(18)10-8-6-7-9-11(10)13(17)19/h6-9H,1-5H3. The first kappa shape index (κ1) is 16.2. The molecule has 0 aliphatic carbocycles. The molecule has 6 heteroatoms. The van der Waals surface area contributed by atoms with Gasteiger partial charge in [0, 0.05) is 0 Å². The number of fused-ring (bicyclic) bond motifs is 1. The summed E-state index contributed by atoms with van der Waals surface area (Å²) in [7, 11) is 0. The zero-order valence-electron chi connectivity index (χ0n) is 13.3. The van der Waals surface area contributed by atoms with E-state index < -0.39 is 29.0 Å². The van der Waals surface area contributed by atoms with Gasteiger partial charge in [0.1, 0.15) is 5.60 Å². The Labute approximate surface area is 129 Å². The van der Waals surface area contributed by atoms with Crippen LogP contribution in [-0.4, -0.2) is 34.0 Å². The summed E-state index contributed by atoms with van der Waals surface area (Å²) in [6.07, 6.45) is 0. The van der Waals surface area contributed by atoms with E-state index in [9.17, 15) is 14.4 Å². The predicted octanol–water partition coefficient (Wildman–Crippen LogP) is 2.33. The van der Waals surface area contributed by atoms with E-state index in [4.69, 9.17) is 9.57 Å². The second-order valence-electron chi connectivity index (χ2n) is 6.55. The Morgan fingerprint density at radius 3 is 1.82 bits per heavy atom.